The topological polar surface area (TPSA) is 49.8 Å². The second-order valence-electron chi connectivity index (χ2n) is 5.42. The molecule has 0 aromatic carbocycles. The average molecular weight is 262 g/mol. The molecule has 1 aliphatic rings. The van der Waals surface area contributed by atoms with Crippen molar-refractivity contribution in [2.45, 2.75) is 58.9 Å². The molecule has 4 heteroatoms. The predicted octanol–water partition coefficient (Wildman–Crippen LogP) is 3.46. The summed E-state index contributed by atoms with van der Waals surface area (Å²) in [4.78, 5) is 9.07. The summed E-state index contributed by atoms with van der Waals surface area (Å²) in [5.74, 6) is 3.58. The largest absolute Gasteiger partial charge is 0.370 e. The highest BCUT2D eigenvalue weighted by molar-refractivity contribution is 5.48. The summed E-state index contributed by atoms with van der Waals surface area (Å²) < 4.78 is 0. The number of hydrogen-bond acceptors (Lipinski definition) is 4. The van der Waals surface area contributed by atoms with Crippen molar-refractivity contribution in [3.63, 3.8) is 0 Å². The van der Waals surface area contributed by atoms with Gasteiger partial charge in [0.05, 0.1) is 0 Å². The third-order valence-electron chi connectivity index (χ3n) is 3.93. The lowest BCUT2D eigenvalue weighted by Gasteiger charge is -2.21. The van der Waals surface area contributed by atoms with Gasteiger partial charge in [0.25, 0.3) is 0 Å². The Morgan fingerprint density at radius 2 is 1.89 bits per heavy atom. The van der Waals surface area contributed by atoms with E-state index in [2.05, 4.69) is 41.4 Å². The van der Waals surface area contributed by atoms with E-state index in [1.165, 1.54) is 25.7 Å². The Kier molecular flexibility index (Phi) is 5.00. The Hall–Kier alpha value is -1.32. The molecule has 1 heterocycles. The molecule has 4 nitrogen and oxygen atoms in total. The molecule has 1 unspecified atom stereocenters. The summed E-state index contributed by atoms with van der Waals surface area (Å²) in [7, 11) is 0. The summed E-state index contributed by atoms with van der Waals surface area (Å²) in [6, 6.07) is 2.52. The van der Waals surface area contributed by atoms with Crippen LogP contribution in [0.4, 0.5) is 11.6 Å². The van der Waals surface area contributed by atoms with Crippen LogP contribution in [-0.2, 0) is 6.42 Å². The van der Waals surface area contributed by atoms with Gasteiger partial charge >= 0.3 is 0 Å². The minimum atomic E-state index is 0.497. The Morgan fingerprint density at radius 1 is 1.21 bits per heavy atom. The standard InChI is InChI=1S/C15H26N4/c1-4-13-18-14(16-5-2)10-15(19-13)17-11(3)12-8-6-7-9-12/h10-12H,4-9H2,1-3H3,(H2,16,17,18,19). The van der Waals surface area contributed by atoms with Crippen molar-refractivity contribution < 1.29 is 0 Å². The van der Waals surface area contributed by atoms with E-state index >= 15 is 0 Å². The lowest BCUT2D eigenvalue weighted by atomic mass is 10.00. The van der Waals surface area contributed by atoms with Gasteiger partial charge in [-0.2, -0.15) is 0 Å². The second kappa shape index (κ2) is 6.73. The van der Waals surface area contributed by atoms with Crippen molar-refractivity contribution in [1.29, 1.82) is 0 Å². The highest BCUT2D eigenvalue weighted by atomic mass is 15.1. The van der Waals surface area contributed by atoms with Gasteiger partial charge < -0.3 is 10.6 Å². The van der Waals surface area contributed by atoms with E-state index in [-0.39, 0.29) is 0 Å². The lowest BCUT2D eigenvalue weighted by Crippen LogP contribution is -2.24. The van der Waals surface area contributed by atoms with E-state index in [9.17, 15) is 0 Å². The van der Waals surface area contributed by atoms with Gasteiger partial charge in [0, 0.05) is 25.1 Å². The third-order valence-corrected chi connectivity index (χ3v) is 3.93. The molecule has 2 rings (SSSR count). The normalized spacial score (nSPS) is 17.4. The zero-order valence-electron chi connectivity index (χ0n) is 12.4. The molecule has 1 aromatic rings. The van der Waals surface area contributed by atoms with Gasteiger partial charge in [0.1, 0.15) is 17.5 Å². The van der Waals surface area contributed by atoms with Crippen LogP contribution in [0, 0.1) is 5.92 Å². The molecule has 2 N–H and O–H groups in total. The first-order chi connectivity index (χ1) is 9.22. The summed E-state index contributed by atoms with van der Waals surface area (Å²) in [5.41, 5.74) is 0. The molecule has 19 heavy (non-hydrogen) atoms. The number of nitrogens with one attached hydrogen (secondary N) is 2. The van der Waals surface area contributed by atoms with Crippen LogP contribution in [-0.4, -0.2) is 22.6 Å². The van der Waals surface area contributed by atoms with E-state index in [4.69, 9.17) is 0 Å². The summed E-state index contributed by atoms with van der Waals surface area (Å²) in [5, 5.41) is 6.84. The first-order valence-corrected chi connectivity index (χ1v) is 7.61. The Labute approximate surface area is 116 Å². The molecule has 0 amide bonds. The van der Waals surface area contributed by atoms with Crippen LogP contribution in [0.1, 0.15) is 52.3 Å². The number of aromatic nitrogens is 2. The predicted molar refractivity (Wildman–Crippen MR) is 80.6 cm³/mol. The molecule has 1 aromatic heterocycles. The first kappa shape index (κ1) is 14.1. The Bertz CT molecular complexity index is 399. The summed E-state index contributed by atoms with van der Waals surface area (Å²) >= 11 is 0. The SMILES string of the molecule is CCNc1cc(NC(C)C2CCCC2)nc(CC)n1. The molecular weight excluding hydrogens is 236 g/mol. The Morgan fingerprint density at radius 3 is 2.53 bits per heavy atom. The molecule has 0 spiro atoms. The molecule has 1 atom stereocenters. The van der Waals surface area contributed by atoms with Crippen molar-refractivity contribution in [1.82, 2.24) is 9.97 Å². The fourth-order valence-electron chi connectivity index (χ4n) is 2.81. The van der Waals surface area contributed by atoms with Crippen LogP contribution >= 0.6 is 0 Å². The molecule has 0 saturated heterocycles. The fraction of sp³-hybridized carbons (Fsp3) is 0.733. The van der Waals surface area contributed by atoms with Crippen LogP contribution in [0.15, 0.2) is 6.07 Å². The Balaban J connectivity index is 2.07. The molecule has 0 aliphatic heterocycles. The minimum absolute atomic E-state index is 0.497. The van der Waals surface area contributed by atoms with Gasteiger partial charge in [-0.1, -0.05) is 19.8 Å². The number of anilines is 2. The van der Waals surface area contributed by atoms with Gasteiger partial charge in [-0.25, -0.2) is 9.97 Å². The minimum Gasteiger partial charge on any atom is -0.370 e. The van der Waals surface area contributed by atoms with Crippen molar-refractivity contribution in [2.75, 3.05) is 17.2 Å². The molecule has 106 valence electrons. The van der Waals surface area contributed by atoms with Crippen LogP contribution < -0.4 is 10.6 Å². The lowest BCUT2D eigenvalue weighted by molar-refractivity contribution is 0.481. The zero-order chi connectivity index (χ0) is 13.7. The van der Waals surface area contributed by atoms with Crippen LogP contribution in [0.2, 0.25) is 0 Å². The van der Waals surface area contributed by atoms with Crippen molar-refractivity contribution in [2.24, 2.45) is 5.92 Å². The zero-order valence-corrected chi connectivity index (χ0v) is 12.4. The van der Waals surface area contributed by atoms with Gasteiger partial charge in [-0.15, -0.1) is 0 Å². The van der Waals surface area contributed by atoms with E-state index in [0.717, 1.165) is 36.3 Å². The molecule has 0 bridgehead atoms. The maximum atomic E-state index is 4.58. The maximum absolute atomic E-state index is 4.58. The van der Waals surface area contributed by atoms with Crippen LogP contribution in [0.25, 0.3) is 0 Å². The number of hydrogen-bond donors (Lipinski definition) is 2. The van der Waals surface area contributed by atoms with Gasteiger partial charge in [0.2, 0.25) is 0 Å². The van der Waals surface area contributed by atoms with Crippen LogP contribution in [0.5, 0.6) is 0 Å². The summed E-state index contributed by atoms with van der Waals surface area (Å²) in [6.07, 6.45) is 6.32. The second-order valence-corrected chi connectivity index (χ2v) is 5.42. The van der Waals surface area contributed by atoms with Gasteiger partial charge in [-0.05, 0) is 32.6 Å². The van der Waals surface area contributed by atoms with Crippen molar-refractivity contribution >= 4 is 11.6 Å². The van der Waals surface area contributed by atoms with E-state index in [1.54, 1.807) is 0 Å². The maximum Gasteiger partial charge on any atom is 0.132 e. The highest BCUT2D eigenvalue weighted by Crippen LogP contribution is 2.29. The average Bonchev–Trinajstić information content (AvgIpc) is 2.92. The molecule has 1 fully saturated rings. The monoisotopic (exact) mass is 262 g/mol. The molecular formula is C15H26N4. The van der Waals surface area contributed by atoms with Gasteiger partial charge in [-0.3, -0.25) is 0 Å². The first-order valence-electron chi connectivity index (χ1n) is 7.61. The number of nitrogens with zero attached hydrogens (tertiary/aromatic N) is 2. The van der Waals surface area contributed by atoms with Crippen molar-refractivity contribution in [3.8, 4) is 0 Å². The van der Waals surface area contributed by atoms with Gasteiger partial charge in [0.15, 0.2) is 0 Å². The number of aryl methyl sites for hydroxylation is 1. The van der Waals surface area contributed by atoms with E-state index in [0.29, 0.717) is 6.04 Å². The third kappa shape index (κ3) is 3.82. The molecule has 1 saturated carbocycles. The van der Waals surface area contributed by atoms with E-state index in [1.807, 2.05) is 6.07 Å². The number of rotatable bonds is 6. The molecule has 0 radical (unpaired) electrons. The van der Waals surface area contributed by atoms with Crippen LogP contribution in [0.3, 0.4) is 0 Å². The fourth-order valence-corrected chi connectivity index (χ4v) is 2.81. The molecule has 1 aliphatic carbocycles. The highest BCUT2D eigenvalue weighted by Gasteiger charge is 2.21. The van der Waals surface area contributed by atoms with Crippen molar-refractivity contribution in [3.05, 3.63) is 11.9 Å². The quantitative estimate of drug-likeness (QED) is 0.824. The summed E-state index contributed by atoms with van der Waals surface area (Å²) in [6.45, 7) is 7.34. The van der Waals surface area contributed by atoms with E-state index < -0.39 is 0 Å². The smallest absolute Gasteiger partial charge is 0.132 e.